The first-order valence-corrected chi connectivity index (χ1v) is 7.78. The lowest BCUT2D eigenvalue weighted by Crippen LogP contribution is -2.38. The molecule has 0 aliphatic carbocycles. The SMILES string of the molecule is CC(C)CN(CC(=O)O)C(=O)c1cc(Br)c2c(c1)OCCO2. The maximum absolute atomic E-state index is 12.6. The van der Waals surface area contributed by atoms with Gasteiger partial charge in [0.15, 0.2) is 11.5 Å². The fourth-order valence-electron chi connectivity index (χ4n) is 2.24. The molecule has 0 unspecified atom stereocenters. The predicted octanol–water partition coefficient (Wildman–Crippen LogP) is 2.40. The van der Waals surface area contributed by atoms with E-state index in [0.29, 0.717) is 41.3 Å². The van der Waals surface area contributed by atoms with Crippen LogP contribution in [0.25, 0.3) is 0 Å². The van der Waals surface area contributed by atoms with Crippen LogP contribution in [-0.4, -0.2) is 48.2 Å². The zero-order valence-corrected chi connectivity index (χ0v) is 14.1. The second-order valence-corrected chi connectivity index (χ2v) is 6.31. The number of hydrogen-bond acceptors (Lipinski definition) is 4. The van der Waals surface area contributed by atoms with Crippen molar-refractivity contribution in [3.63, 3.8) is 0 Å². The van der Waals surface area contributed by atoms with E-state index >= 15 is 0 Å². The number of ether oxygens (including phenoxy) is 2. The number of aliphatic carboxylic acids is 1. The van der Waals surface area contributed by atoms with Crippen molar-refractivity contribution in [3.05, 3.63) is 22.2 Å². The predicted molar refractivity (Wildman–Crippen MR) is 83.5 cm³/mol. The molecule has 1 N–H and O–H groups in total. The molecule has 120 valence electrons. The Balaban J connectivity index is 2.29. The Labute approximate surface area is 137 Å². The van der Waals surface area contributed by atoms with Crippen LogP contribution in [0.2, 0.25) is 0 Å². The van der Waals surface area contributed by atoms with Crippen LogP contribution < -0.4 is 9.47 Å². The summed E-state index contributed by atoms with van der Waals surface area (Å²) in [7, 11) is 0. The fourth-order valence-corrected chi connectivity index (χ4v) is 2.80. The molecule has 1 aromatic carbocycles. The summed E-state index contributed by atoms with van der Waals surface area (Å²) in [5, 5.41) is 8.99. The topological polar surface area (TPSA) is 76.1 Å². The molecule has 1 aromatic rings. The van der Waals surface area contributed by atoms with Gasteiger partial charge < -0.3 is 19.5 Å². The van der Waals surface area contributed by atoms with E-state index in [4.69, 9.17) is 14.6 Å². The molecule has 22 heavy (non-hydrogen) atoms. The van der Waals surface area contributed by atoms with Gasteiger partial charge in [-0.2, -0.15) is 0 Å². The van der Waals surface area contributed by atoms with Crippen molar-refractivity contribution < 1.29 is 24.2 Å². The molecule has 0 atom stereocenters. The molecule has 0 saturated carbocycles. The molecule has 0 bridgehead atoms. The van der Waals surface area contributed by atoms with Gasteiger partial charge in [0, 0.05) is 12.1 Å². The van der Waals surface area contributed by atoms with E-state index in [1.807, 2.05) is 13.8 Å². The molecule has 0 spiro atoms. The number of hydrogen-bond donors (Lipinski definition) is 1. The third kappa shape index (κ3) is 3.91. The molecule has 6 nitrogen and oxygen atoms in total. The number of halogens is 1. The van der Waals surface area contributed by atoms with Crippen molar-refractivity contribution in [1.82, 2.24) is 4.90 Å². The molecule has 1 aliphatic rings. The Kier molecular flexibility index (Phi) is 5.28. The second-order valence-electron chi connectivity index (χ2n) is 5.46. The minimum Gasteiger partial charge on any atom is -0.486 e. The van der Waals surface area contributed by atoms with E-state index in [0.717, 1.165) is 0 Å². The standard InChI is InChI=1S/C15H18BrNO5/c1-9(2)7-17(8-13(18)19)15(20)10-5-11(16)14-12(6-10)21-3-4-22-14/h5-6,9H,3-4,7-8H2,1-2H3,(H,18,19). The Hall–Kier alpha value is -1.76. The van der Waals surface area contributed by atoms with Crippen LogP contribution in [0.15, 0.2) is 16.6 Å². The van der Waals surface area contributed by atoms with E-state index in [-0.39, 0.29) is 18.4 Å². The first-order chi connectivity index (χ1) is 10.4. The summed E-state index contributed by atoms with van der Waals surface area (Å²) < 4.78 is 11.6. The number of carbonyl (C=O) groups is 2. The summed E-state index contributed by atoms with van der Waals surface area (Å²) in [6.45, 7) is 4.78. The summed E-state index contributed by atoms with van der Waals surface area (Å²) in [4.78, 5) is 24.9. The van der Waals surface area contributed by atoms with Crippen LogP contribution in [0, 0.1) is 5.92 Å². The number of benzene rings is 1. The Morgan fingerprint density at radius 1 is 1.32 bits per heavy atom. The Bertz CT molecular complexity index is 588. The minimum atomic E-state index is -1.04. The van der Waals surface area contributed by atoms with E-state index < -0.39 is 5.97 Å². The van der Waals surface area contributed by atoms with E-state index in [1.54, 1.807) is 12.1 Å². The Morgan fingerprint density at radius 2 is 2.00 bits per heavy atom. The number of carbonyl (C=O) groups excluding carboxylic acids is 1. The van der Waals surface area contributed by atoms with Gasteiger partial charge >= 0.3 is 5.97 Å². The van der Waals surface area contributed by atoms with Crippen molar-refractivity contribution in [2.45, 2.75) is 13.8 Å². The highest BCUT2D eigenvalue weighted by molar-refractivity contribution is 9.10. The average molecular weight is 372 g/mol. The summed E-state index contributed by atoms with van der Waals surface area (Å²) in [6, 6.07) is 3.22. The van der Waals surface area contributed by atoms with Gasteiger partial charge in [-0.3, -0.25) is 9.59 Å². The van der Waals surface area contributed by atoms with Crippen molar-refractivity contribution in [2.24, 2.45) is 5.92 Å². The Morgan fingerprint density at radius 3 is 2.64 bits per heavy atom. The third-order valence-corrected chi connectivity index (χ3v) is 3.63. The van der Waals surface area contributed by atoms with Gasteiger partial charge in [0.1, 0.15) is 19.8 Å². The fraction of sp³-hybridized carbons (Fsp3) is 0.467. The summed E-state index contributed by atoms with van der Waals surface area (Å²) in [5.74, 6) is -0.149. The quantitative estimate of drug-likeness (QED) is 0.859. The number of amides is 1. The molecule has 0 radical (unpaired) electrons. The van der Waals surface area contributed by atoms with E-state index in [9.17, 15) is 9.59 Å². The van der Waals surface area contributed by atoms with Crippen molar-refractivity contribution in [3.8, 4) is 11.5 Å². The molecular weight excluding hydrogens is 354 g/mol. The van der Waals surface area contributed by atoms with Gasteiger partial charge in [-0.25, -0.2) is 0 Å². The number of carboxylic acids is 1. The molecule has 7 heteroatoms. The van der Waals surface area contributed by atoms with Crippen LogP contribution in [0.5, 0.6) is 11.5 Å². The van der Waals surface area contributed by atoms with E-state index in [1.165, 1.54) is 4.90 Å². The second kappa shape index (κ2) is 7.00. The molecule has 1 amide bonds. The minimum absolute atomic E-state index is 0.170. The highest BCUT2D eigenvalue weighted by Gasteiger charge is 2.23. The highest BCUT2D eigenvalue weighted by Crippen LogP contribution is 2.38. The van der Waals surface area contributed by atoms with Gasteiger partial charge in [-0.05, 0) is 34.0 Å². The molecule has 1 aliphatic heterocycles. The zero-order valence-electron chi connectivity index (χ0n) is 12.5. The van der Waals surface area contributed by atoms with Gasteiger partial charge in [-0.15, -0.1) is 0 Å². The van der Waals surface area contributed by atoms with Crippen molar-refractivity contribution in [2.75, 3.05) is 26.3 Å². The van der Waals surface area contributed by atoms with Gasteiger partial charge in [-0.1, -0.05) is 13.8 Å². The molecule has 1 heterocycles. The molecule has 0 fully saturated rings. The number of fused-ring (bicyclic) bond motifs is 1. The summed E-state index contributed by atoms with van der Waals surface area (Å²) in [5.41, 5.74) is 0.373. The summed E-state index contributed by atoms with van der Waals surface area (Å²) in [6.07, 6.45) is 0. The monoisotopic (exact) mass is 371 g/mol. The first kappa shape index (κ1) is 16.6. The lowest BCUT2D eigenvalue weighted by atomic mass is 10.1. The van der Waals surface area contributed by atoms with Crippen LogP contribution >= 0.6 is 15.9 Å². The van der Waals surface area contributed by atoms with Crippen molar-refractivity contribution >= 4 is 27.8 Å². The maximum atomic E-state index is 12.6. The number of carboxylic acid groups (broad SMARTS) is 1. The normalized spacial score (nSPS) is 13.1. The van der Waals surface area contributed by atoms with Crippen LogP contribution in [0.3, 0.4) is 0 Å². The molecule has 2 rings (SSSR count). The zero-order chi connectivity index (χ0) is 16.3. The smallest absolute Gasteiger partial charge is 0.323 e. The lowest BCUT2D eigenvalue weighted by molar-refractivity contribution is -0.137. The molecular formula is C15H18BrNO5. The lowest BCUT2D eigenvalue weighted by Gasteiger charge is -2.24. The largest absolute Gasteiger partial charge is 0.486 e. The molecule has 0 aromatic heterocycles. The molecule has 0 saturated heterocycles. The van der Waals surface area contributed by atoms with E-state index in [2.05, 4.69) is 15.9 Å². The highest BCUT2D eigenvalue weighted by atomic mass is 79.9. The van der Waals surface area contributed by atoms with Gasteiger partial charge in [0.2, 0.25) is 0 Å². The van der Waals surface area contributed by atoms with Gasteiger partial charge in [0.25, 0.3) is 5.91 Å². The first-order valence-electron chi connectivity index (χ1n) is 6.98. The maximum Gasteiger partial charge on any atom is 0.323 e. The van der Waals surface area contributed by atoms with Crippen LogP contribution in [-0.2, 0) is 4.79 Å². The third-order valence-electron chi connectivity index (χ3n) is 3.04. The van der Waals surface area contributed by atoms with Crippen LogP contribution in [0.1, 0.15) is 24.2 Å². The van der Waals surface area contributed by atoms with Gasteiger partial charge in [0.05, 0.1) is 4.47 Å². The number of nitrogens with zero attached hydrogens (tertiary/aromatic N) is 1. The van der Waals surface area contributed by atoms with Crippen LogP contribution in [0.4, 0.5) is 0 Å². The van der Waals surface area contributed by atoms with Crippen molar-refractivity contribution in [1.29, 1.82) is 0 Å². The summed E-state index contributed by atoms with van der Waals surface area (Å²) >= 11 is 3.36. The average Bonchev–Trinajstić information content (AvgIpc) is 2.44. The number of rotatable bonds is 5.